The molecule has 1 unspecified atom stereocenters. The highest BCUT2D eigenvalue weighted by Crippen LogP contribution is 2.33. The van der Waals surface area contributed by atoms with E-state index in [2.05, 4.69) is 0 Å². The summed E-state index contributed by atoms with van der Waals surface area (Å²) in [6.07, 6.45) is -1.09. The Bertz CT molecular complexity index is 801. The van der Waals surface area contributed by atoms with Crippen molar-refractivity contribution in [2.24, 2.45) is 0 Å². The fourth-order valence-electron chi connectivity index (χ4n) is 2.55. The standard InChI is InChI=1S/C17H14F2O2/c1-9-5-11(7-13(19)6-9)16(20)17-10(2)14-8-12(18)3-4-15(14)21-17/h3-8,16,20H,1-2H3. The summed E-state index contributed by atoms with van der Waals surface area (Å²) in [5, 5.41) is 11.0. The Labute approximate surface area is 120 Å². The van der Waals surface area contributed by atoms with E-state index in [9.17, 15) is 13.9 Å². The maximum atomic E-state index is 13.5. The SMILES string of the molecule is Cc1cc(F)cc(C(O)c2oc3ccc(F)cc3c2C)c1. The van der Waals surface area contributed by atoms with Crippen molar-refractivity contribution in [3.05, 3.63) is 70.5 Å². The third-order valence-electron chi connectivity index (χ3n) is 3.56. The van der Waals surface area contributed by atoms with Crippen molar-refractivity contribution in [2.45, 2.75) is 20.0 Å². The van der Waals surface area contributed by atoms with Gasteiger partial charge in [-0.25, -0.2) is 8.78 Å². The van der Waals surface area contributed by atoms with Crippen LogP contribution in [0.25, 0.3) is 11.0 Å². The number of fused-ring (bicyclic) bond motifs is 1. The highest BCUT2D eigenvalue weighted by molar-refractivity contribution is 5.82. The number of furan rings is 1. The van der Waals surface area contributed by atoms with Gasteiger partial charge >= 0.3 is 0 Å². The molecule has 0 saturated carbocycles. The molecule has 0 saturated heterocycles. The van der Waals surface area contributed by atoms with Crippen LogP contribution in [0, 0.1) is 25.5 Å². The summed E-state index contributed by atoms with van der Waals surface area (Å²) in [6, 6.07) is 8.53. The van der Waals surface area contributed by atoms with Gasteiger partial charge in [0.1, 0.15) is 29.1 Å². The predicted molar refractivity (Wildman–Crippen MR) is 76.1 cm³/mol. The minimum Gasteiger partial charge on any atom is -0.458 e. The Morgan fingerprint density at radius 2 is 1.76 bits per heavy atom. The zero-order valence-electron chi connectivity index (χ0n) is 11.7. The third-order valence-corrected chi connectivity index (χ3v) is 3.56. The topological polar surface area (TPSA) is 33.4 Å². The van der Waals surface area contributed by atoms with Gasteiger partial charge in [-0.2, -0.15) is 0 Å². The van der Waals surface area contributed by atoms with E-state index in [0.29, 0.717) is 33.4 Å². The van der Waals surface area contributed by atoms with Gasteiger partial charge in [0.25, 0.3) is 0 Å². The molecular formula is C17H14F2O2. The van der Waals surface area contributed by atoms with Crippen molar-refractivity contribution in [2.75, 3.05) is 0 Å². The molecule has 2 aromatic carbocycles. The maximum absolute atomic E-state index is 13.5. The van der Waals surface area contributed by atoms with E-state index in [1.165, 1.54) is 30.3 Å². The number of hydrogen-bond donors (Lipinski definition) is 1. The van der Waals surface area contributed by atoms with E-state index < -0.39 is 11.9 Å². The number of rotatable bonds is 2. The fraction of sp³-hybridized carbons (Fsp3) is 0.176. The van der Waals surface area contributed by atoms with Crippen molar-refractivity contribution in [1.29, 1.82) is 0 Å². The summed E-state index contributed by atoms with van der Waals surface area (Å²) in [5.74, 6) is -0.474. The van der Waals surface area contributed by atoms with Crippen molar-refractivity contribution in [3.8, 4) is 0 Å². The average Bonchev–Trinajstić information content (AvgIpc) is 2.74. The van der Waals surface area contributed by atoms with Gasteiger partial charge in [-0.15, -0.1) is 0 Å². The van der Waals surface area contributed by atoms with Crippen molar-refractivity contribution < 1.29 is 18.3 Å². The number of aliphatic hydroxyl groups is 1. The van der Waals surface area contributed by atoms with Gasteiger partial charge < -0.3 is 9.52 Å². The van der Waals surface area contributed by atoms with Crippen LogP contribution in [0.2, 0.25) is 0 Å². The highest BCUT2D eigenvalue weighted by Gasteiger charge is 2.21. The van der Waals surface area contributed by atoms with Crippen LogP contribution in [0.3, 0.4) is 0 Å². The number of benzene rings is 2. The minimum atomic E-state index is -1.09. The van der Waals surface area contributed by atoms with E-state index >= 15 is 0 Å². The molecule has 2 nitrogen and oxygen atoms in total. The minimum absolute atomic E-state index is 0.306. The number of aliphatic hydroxyl groups excluding tert-OH is 1. The smallest absolute Gasteiger partial charge is 0.141 e. The second-order valence-corrected chi connectivity index (χ2v) is 5.20. The Morgan fingerprint density at radius 3 is 2.48 bits per heavy atom. The maximum Gasteiger partial charge on any atom is 0.141 e. The molecule has 1 atom stereocenters. The van der Waals surface area contributed by atoms with Gasteiger partial charge in [0.05, 0.1) is 0 Å². The second kappa shape index (κ2) is 4.97. The Kier molecular flexibility index (Phi) is 3.26. The van der Waals surface area contributed by atoms with E-state index in [4.69, 9.17) is 4.42 Å². The lowest BCUT2D eigenvalue weighted by atomic mass is 10.0. The van der Waals surface area contributed by atoms with Crippen LogP contribution in [0.15, 0.2) is 40.8 Å². The number of hydrogen-bond acceptors (Lipinski definition) is 2. The summed E-state index contributed by atoms with van der Waals surface area (Å²) < 4.78 is 32.4. The normalized spacial score (nSPS) is 12.8. The van der Waals surface area contributed by atoms with Crippen molar-refractivity contribution in [1.82, 2.24) is 0 Å². The first-order valence-corrected chi connectivity index (χ1v) is 6.59. The van der Waals surface area contributed by atoms with Crippen LogP contribution in [-0.4, -0.2) is 5.11 Å². The zero-order valence-corrected chi connectivity index (χ0v) is 11.7. The molecule has 1 heterocycles. The van der Waals surface area contributed by atoms with Crippen molar-refractivity contribution >= 4 is 11.0 Å². The first-order chi connectivity index (χ1) is 9.95. The van der Waals surface area contributed by atoms with Crippen molar-refractivity contribution in [3.63, 3.8) is 0 Å². The van der Waals surface area contributed by atoms with Gasteiger partial charge in [0.2, 0.25) is 0 Å². The molecule has 0 aliphatic carbocycles. The monoisotopic (exact) mass is 288 g/mol. The quantitative estimate of drug-likeness (QED) is 0.757. The van der Waals surface area contributed by atoms with Crippen LogP contribution < -0.4 is 0 Å². The van der Waals surface area contributed by atoms with Gasteiger partial charge in [-0.3, -0.25) is 0 Å². The Morgan fingerprint density at radius 1 is 1.00 bits per heavy atom. The first kappa shape index (κ1) is 13.8. The highest BCUT2D eigenvalue weighted by atomic mass is 19.1. The average molecular weight is 288 g/mol. The summed E-state index contributed by atoms with van der Waals surface area (Å²) in [7, 11) is 0. The van der Waals surface area contributed by atoms with E-state index in [1.807, 2.05) is 0 Å². The van der Waals surface area contributed by atoms with Gasteiger partial charge in [0, 0.05) is 10.9 Å². The molecule has 0 aliphatic heterocycles. The fourth-order valence-corrected chi connectivity index (χ4v) is 2.55. The second-order valence-electron chi connectivity index (χ2n) is 5.20. The molecular weight excluding hydrogens is 274 g/mol. The molecule has 4 heteroatoms. The lowest BCUT2D eigenvalue weighted by Crippen LogP contribution is -2.01. The summed E-state index contributed by atoms with van der Waals surface area (Å²) in [5.41, 5.74) is 2.27. The number of aryl methyl sites for hydroxylation is 2. The lowest BCUT2D eigenvalue weighted by Gasteiger charge is -2.10. The largest absolute Gasteiger partial charge is 0.458 e. The molecule has 0 aliphatic rings. The molecule has 21 heavy (non-hydrogen) atoms. The van der Waals surface area contributed by atoms with Crippen LogP contribution in [-0.2, 0) is 0 Å². The van der Waals surface area contributed by atoms with E-state index in [-0.39, 0.29) is 5.82 Å². The summed E-state index contributed by atoms with van der Waals surface area (Å²) >= 11 is 0. The molecule has 0 amide bonds. The van der Waals surface area contributed by atoms with Gasteiger partial charge in [-0.05, 0) is 55.3 Å². The Hall–Kier alpha value is -2.20. The summed E-state index contributed by atoms with van der Waals surface area (Å²) in [6.45, 7) is 3.50. The zero-order chi connectivity index (χ0) is 15.1. The molecule has 0 fully saturated rings. The molecule has 108 valence electrons. The first-order valence-electron chi connectivity index (χ1n) is 6.59. The van der Waals surface area contributed by atoms with Crippen LogP contribution in [0.4, 0.5) is 8.78 Å². The van der Waals surface area contributed by atoms with Crippen LogP contribution >= 0.6 is 0 Å². The van der Waals surface area contributed by atoms with E-state index in [1.54, 1.807) is 19.9 Å². The number of halogens is 2. The molecule has 0 spiro atoms. The van der Waals surface area contributed by atoms with Gasteiger partial charge in [-0.1, -0.05) is 6.07 Å². The van der Waals surface area contributed by atoms with Crippen LogP contribution in [0.5, 0.6) is 0 Å². The molecule has 3 rings (SSSR count). The molecule has 3 aromatic rings. The molecule has 1 aromatic heterocycles. The summed E-state index contributed by atoms with van der Waals surface area (Å²) in [4.78, 5) is 0. The third kappa shape index (κ3) is 2.43. The molecule has 0 bridgehead atoms. The Balaban J connectivity index is 2.13. The van der Waals surface area contributed by atoms with E-state index in [0.717, 1.165) is 0 Å². The molecule has 1 N–H and O–H groups in total. The van der Waals surface area contributed by atoms with Gasteiger partial charge in [0.15, 0.2) is 0 Å². The molecule has 0 radical (unpaired) electrons. The predicted octanol–water partition coefficient (Wildman–Crippen LogP) is 4.41. The van der Waals surface area contributed by atoms with Crippen LogP contribution in [0.1, 0.15) is 28.6 Å². The lowest BCUT2D eigenvalue weighted by molar-refractivity contribution is 0.190.